The predicted octanol–water partition coefficient (Wildman–Crippen LogP) is 2.76. The number of amides is 2. The number of sulfonamides is 1. The Labute approximate surface area is 172 Å². The van der Waals surface area contributed by atoms with Crippen molar-refractivity contribution in [2.45, 2.75) is 74.8 Å². The highest BCUT2D eigenvalue weighted by Crippen LogP contribution is 2.55. The van der Waals surface area contributed by atoms with Gasteiger partial charge in [0.25, 0.3) is 10.0 Å². The molecule has 0 unspecified atom stereocenters. The van der Waals surface area contributed by atoms with Crippen LogP contribution in [0.3, 0.4) is 0 Å². The fourth-order valence-corrected chi connectivity index (χ4v) is 8.24. The van der Waals surface area contributed by atoms with E-state index in [1.807, 2.05) is 6.92 Å². The molecule has 1 atom stereocenters. The molecule has 0 spiro atoms. The molecule has 2 amide bonds. The number of carbonyl (C=O) groups is 2. The molecule has 7 heteroatoms. The van der Waals surface area contributed by atoms with Crippen LogP contribution in [0.25, 0.3) is 0 Å². The minimum atomic E-state index is -4.04. The second kappa shape index (κ2) is 6.56. The molecule has 4 aliphatic carbocycles. The number of rotatable bonds is 4. The van der Waals surface area contributed by atoms with Crippen molar-refractivity contribution < 1.29 is 18.0 Å². The number of benzene rings is 1. The number of nitrogens with zero attached hydrogens (tertiary/aromatic N) is 1. The fraction of sp³-hybridized carbons (Fsp3) is 0.636. The van der Waals surface area contributed by atoms with Crippen molar-refractivity contribution >= 4 is 21.8 Å². The van der Waals surface area contributed by atoms with Gasteiger partial charge in [-0.3, -0.25) is 9.59 Å². The van der Waals surface area contributed by atoms with Gasteiger partial charge < -0.3 is 5.32 Å². The molecule has 1 N–H and O–H groups in total. The molecule has 1 saturated heterocycles. The summed E-state index contributed by atoms with van der Waals surface area (Å²) in [6.07, 6.45) is 7.13. The highest BCUT2D eigenvalue weighted by molar-refractivity contribution is 7.89. The fourth-order valence-electron chi connectivity index (χ4n) is 6.63. The van der Waals surface area contributed by atoms with Gasteiger partial charge in [-0.15, -0.1) is 0 Å². The Hall–Kier alpha value is -1.89. The summed E-state index contributed by atoms with van der Waals surface area (Å²) in [6, 6.07) is 5.48. The molecule has 1 heterocycles. The maximum atomic E-state index is 13.2. The van der Waals surface area contributed by atoms with Gasteiger partial charge in [-0.2, -0.15) is 0 Å². The second-order valence-corrected chi connectivity index (χ2v) is 11.6. The van der Waals surface area contributed by atoms with Gasteiger partial charge >= 0.3 is 0 Å². The van der Waals surface area contributed by atoms with Crippen LogP contribution in [-0.2, 0) is 19.6 Å². The molecule has 156 valence electrons. The first kappa shape index (κ1) is 19.1. The van der Waals surface area contributed by atoms with Crippen LogP contribution in [-0.4, -0.2) is 36.1 Å². The van der Waals surface area contributed by atoms with Crippen LogP contribution >= 0.6 is 0 Å². The summed E-state index contributed by atoms with van der Waals surface area (Å²) < 4.78 is 27.2. The SMILES string of the molecule is Cc1ccc(S(=O)(=O)N2C(=O)CC[C@@H]2C(=O)NC23CC4CC(CC(C4)C2)C3)cc1. The van der Waals surface area contributed by atoms with Crippen LogP contribution in [0.1, 0.15) is 56.9 Å². The maximum Gasteiger partial charge on any atom is 0.267 e. The zero-order chi connectivity index (χ0) is 20.4. The number of carbonyl (C=O) groups excluding carboxylic acids is 2. The third kappa shape index (κ3) is 3.18. The Morgan fingerprint density at radius 1 is 1.03 bits per heavy atom. The minimum Gasteiger partial charge on any atom is -0.349 e. The quantitative estimate of drug-likeness (QED) is 0.818. The van der Waals surface area contributed by atoms with Crippen molar-refractivity contribution in [2.75, 3.05) is 0 Å². The largest absolute Gasteiger partial charge is 0.349 e. The molecule has 1 aromatic carbocycles. The number of nitrogens with one attached hydrogen (secondary N) is 1. The molecule has 4 bridgehead atoms. The maximum absolute atomic E-state index is 13.2. The summed E-state index contributed by atoms with van der Waals surface area (Å²) in [5.41, 5.74) is 0.740. The van der Waals surface area contributed by atoms with E-state index >= 15 is 0 Å². The van der Waals surface area contributed by atoms with E-state index < -0.39 is 22.0 Å². The van der Waals surface area contributed by atoms with Gasteiger partial charge in [0.1, 0.15) is 6.04 Å². The number of aryl methyl sites for hydroxylation is 1. The van der Waals surface area contributed by atoms with E-state index in [0.717, 1.165) is 29.1 Å². The smallest absolute Gasteiger partial charge is 0.267 e. The first-order chi connectivity index (χ1) is 13.8. The Kier molecular flexibility index (Phi) is 4.32. The molecule has 6 rings (SSSR count). The van der Waals surface area contributed by atoms with E-state index in [-0.39, 0.29) is 29.2 Å². The van der Waals surface area contributed by atoms with E-state index in [0.29, 0.717) is 17.8 Å². The van der Waals surface area contributed by atoms with Crippen LogP contribution in [0.15, 0.2) is 29.2 Å². The van der Waals surface area contributed by atoms with Gasteiger partial charge in [-0.25, -0.2) is 12.7 Å². The molecule has 0 radical (unpaired) electrons. The Bertz CT molecular complexity index is 918. The van der Waals surface area contributed by atoms with Gasteiger partial charge in [0.15, 0.2) is 0 Å². The zero-order valence-corrected chi connectivity index (χ0v) is 17.6. The van der Waals surface area contributed by atoms with Crippen molar-refractivity contribution in [3.8, 4) is 0 Å². The highest BCUT2D eigenvalue weighted by Gasteiger charge is 2.53. The van der Waals surface area contributed by atoms with Gasteiger partial charge in [-0.05, 0) is 81.8 Å². The molecule has 6 nitrogen and oxygen atoms in total. The third-order valence-electron chi connectivity index (χ3n) is 7.47. The Morgan fingerprint density at radius 2 is 1.59 bits per heavy atom. The average molecular weight is 417 g/mol. The van der Waals surface area contributed by atoms with Crippen LogP contribution in [0, 0.1) is 24.7 Å². The first-order valence-electron chi connectivity index (χ1n) is 10.7. The lowest BCUT2D eigenvalue weighted by Crippen LogP contribution is -2.62. The van der Waals surface area contributed by atoms with E-state index in [1.54, 1.807) is 12.1 Å². The van der Waals surface area contributed by atoms with Crippen molar-refractivity contribution in [3.63, 3.8) is 0 Å². The van der Waals surface area contributed by atoms with E-state index in [2.05, 4.69) is 5.32 Å². The van der Waals surface area contributed by atoms with E-state index in [4.69, 9.17) is 0 Å². The zero-order valence-electron chi connectivity index (χ0n) is 16.8. The molecular weight excluding hydrogens is 388 g/mol. The Balaban J connectivity index is 1.39. The van der Waals surface area contributed by atoms with Crippen molar-refractivity contribution in [1.82, 2.24) is 9.62 Å². The van der Waals surface area contributed by atoms with Crippen molar-refractivity contribution in [2.24, 2.45) is 17.8 Å². The monoisotopic (exact) mass is 416 g/mol. The van der Waals surface area contributed by atoms with Crippen LogP contribution in [0.4, 0.5) is 0 Å². The lowest BCUT2D eigenvalue weighted by molar-refractivity contribution is -0.134. The summed E-state index contributed by atoms with van der Waals surface area (Å²) in [5, 5.41) is 3.25. The second-order valence-electron chi connectivity index (χ2n) is 9.75. The first-order valence-corrected chi connectivity index (χ1v) is 12.2. The van der Waals surface area contributed by atoms with Crippen molar-refractivity contribution in [1.29, 1.82) is 0 Å². The predicted molar refractivity (Wildman–Crippen MR) is 107 cm³/mol. The molecule has 1 aromatic rings. The molecule has 4 saturated carbocycles. The van der Waals surface area contributed by atoms with Crippen LogP contribution in [0.5, 0.6) is 0 Å². The average Bonchev–Trinajstić information content (AvgIpc) is 3.03. The third-order valence-corrected chi connectivity index (χ3v) is 9.31. The molecule has 5 fully saturated rings. The molecule has 1 aliphatic heterocycles. The lowest BCUT2D eigenvalue weighted by Gasteiger charge is -2.57. The summed E-state index contributed by atoms with van der Waals surface area (Å²) >= 11 is 0. The molecule has 0 aromatic heterocycles. The number of hydrogen-bond acceptors (Lipinski definition) is 4. The summed E-state index contributed by atoms with van der Waals surface area (Å²) in [7, 11) is -4.04. The van der Waals surface area contributed by atoms with Crippen molar-refractivity contribution in [3.05, 3.63) is 29.8 Å². The highest BCUT2D eigenvalue weighted by atomic mass is 32.2. The van der Waals surface area contributed by atoms with E-state index in [9.17, 15) is 18.0 Å². The van der Waals surface area contributed by atoms with Gasteiger partial charge in [0.2, 0.25) is 11.8 Å². The summed E-state index contributed by atoms with van der Waals surface area (Å²) in [4.78, 5) is 25.8. The minimum absolute atomic E-state index is 0.0611. The summed E-state index contributed by atoms with van der Waals surface area (Å²) in [6.45, 7) is 1.87. The van der Waals surface area contributed by atoms with Gasteiger partial charge in [0.05, 0.1) is 4.90 Å². The Morgan fingerprint density at radius 3 is 2.14 bits per heavy atom. The number of hydrogen-bond donors (Lipinski definition) is 1. The lowest BCUT2D eigenvalue weighted by atomic mass is 9.53. The van der Waals surface area contributed by atoms with Crippen LogP contribution < -0.4 is 5.32 Å². The molecular formula is C22H28N2O4S. The molecule has 5 aliphatic rings. The summed E-state index contributed by atoms with van der Waals surface area (Å²) in [5.74, 6) is 1.25. The van der Waals surface area contributed by atoms with Gasteiger partial charge in [-0.1, -0.05) is 17.7 Å². The van der Waals surface area contributed by atoms with Gasteiger partial charge in [0, 0.05) is 12.0 Å². The molecule has 29 heavy (non-hydrogen) atoms. The normalized spacial score (nSPS) is 35.9. The van der Waals surface area contributed by atoms with E-state index in [1.165, 1.54) is 31.4 Å². The topological polar surface area (TPSA) is 83.6 Å². The standard InChI is InChI=1S/C22H28N2O4S/c1-14-2-4-18(5-3-14)29(27,28)24-19(6-7-20(24)25)21(26)23-22-11-15-8-16(12-22)10-17(9-15)13-22/h2-5,15-17,19H,6-13H2,1H3,(H,23,26)/t15?,16?,17?,19-,22?/m1/s1. The van der Waals surface area contributed by atoms with Crippen LogP contribution in [0.2, 0.25) is 0 Å².